The maximum absolute atomic E-state index is 11.7. The van der Waals surface area contributed by atoms with Gasteiger partial charge in [-0.3, -0.25) is 4.79 Å². The summed E-state index contributed by atoms with van der Waals surface area (Å²) in [7, 11) is 2.73. The Morgan fingerprint density at radius 2 is 1.94 bits per heavy atom. The summed E-state index contributed by atoms with van der Waals surface area (Å²) in [5, 5.41) is 0. The highest BCUT2D eigenvalue weighted by Gasteiger charge is 2.46. The van der Waals surface area contributed by atoms with Crippen molar-refractivity contribution in [3.63, 3.8) is 0 Å². The lowest BCUT2D eigenvalue weighted by atomic mass is 10.1. The van der Waals surface area contributed by atoms with Gasteiger partial charge in [-0.15, -0.1) is 0 Å². The van der Waals surface area contributed by atoms with Gasteiger partial charge in [-0.1, -0.05) is 0 Å². The van der Waals surface area contributed by atoms with E-state index in [0.29, 0.717) is 0 Å². The zero-order chi connectivity index (χ0) is 13.6. The molecular formula is C10H16O7S. The zero-order valence-electron chi connectivity index (χ0n) is 10.2. The Balaban J connectivity index is 2.66. The fourth-order valence-corrected chi connectivity index (χ4v) is 1.60. The fourth-order valence-electron chi connectivity index (χ4n) is 1.51. The molecule has 18 heavy (non-hydrogen) atoms. The number of esters is 1. The summed E-state index contributed by atoms with van der Waals surface area (Å²) in [4.78, 5) is 22.7. The first-order valence-electron chi connectivity index (χ1n) is 5.31. The van der Waals surface area contributed by atoms with Gasteiger partial charge in [0.05, 0.1) is 26.7 Å². The molecule has 0 aromatic carbocycles. The molecule has 0 bridgehead atoms. The molecule has 0 aliphatic carbocycles. The third-order valence-electron chi connectivity index (χ3n) is 2.59. The fraction of sp³-hybridized carbons (Fsp3) is 0.800. The van der Waals surface area contributed by atoms with Gasteiger partial charge >= 0.3 is 11.9 Å². The van der Waals surface area contributed by atoms with Crippen LogP contribution in [-0.4, -0.2) is 51.3 Å². The predicted molar refractivity (Wildman–Crippen MR) is 61.8 cm³/mol. The Bertz CT molecular complexity index is 299. The van der Waals surface area contributed by atoms with Gasteiger partial charge in [-0.2, -0.15) is 0 Å². The standard InChI is InChI=1S/C10H16O7S/c1-13-7-5-15-10(16-6-7,9(12)14-2)4-3-8(11)17-18/h7,18H,3-6H2,1-2H3. The number of methoxy groups -OCH3 is 2. The summed E-state index contributed by atoms with van der Waals surface area (Å²) < 4.78 is 24.6. The molecule has 1 heterocycles. The summed E-state index contributed by atoms with van der Waals surface area (Å²) in [5.74, 6) is -2.85. The Morgan fingerprint density at radius 1 is 1.33 bits per heavy atom. The van der Waals surface area contributed by atoms with Crippen molar-refractivity contribution in [1.82, 2.24) is 0 Å². The summed E-state index contributed by atoms with van der Waals surface area (Å²) in [5.41, 5.74) is 0. The van der Waals surface area contributed by atoms with E-state index in [1.54, 1.807) is 0 Å². The minimum absolute atomic E-state index is 0.00446. The van der Waals surface area contributed by atoms with Gasteiger partial charge in [-0.05, 0) is 0 Å². The van der Waals surface area contributed by atoms with Crippen LogP contribution in [0.2, 0.25) is 0 Å². The zero-order valence-corrected chi connectivity index (χ0v) is 11.1. The van der Waals surface area contributed by atoms with Crippen LogP contribution in [0.25, 0.3) is 0 Å². The lowest BCUT2D eigenvalue weighted by molar-refractivity contribution is -0.292. The minimum atomic E-state index is -1.58. The van der Waals surface area contributed by atoms with Gasteiger partial charge in [0, 0.05) is 26.4 Å². The predicted octanol–water partition coefficient (Wildman–Crippen LogP) is 0.0857. The van der Waals surface area contributed by atoms with Crippen LogP contribution in [0.5, 0.6) is 0 Å². The second kappa shape index (κ2) is 6.93. The van der Waals surface area contributed by atoms with Crippen molar-refractivity contribution in [2.75, 3.05) is 27.4 Å². The summed E-state index contributed by atoms with van der Waals surface area (Å²) in [6.45, 7) is 0.364. The van der Waals surface area contributed by atoms with E-state index in [2.05, 4.69) is 21.8 Å². The first kappa shape index (κ1) is 15.2. The molecule has 0 spiro atoms. The first-order chi connectivity index (χ1) is 8.57. The molecule has 1 rings (SSSR count). The van der Waals surface area contributed by atoms with Crippen LogP contribution in [0.3, 0.4) is 0 Å². The minimum Gasteiger partial charge on any atom is -0.465 e. The van der Waals surface area contributed by atoms with Crippen LogP contribution >= 0.6 is 12.9 Å². The van der Waals surface area contributed by atoms with Crippen molar-refractivity contribution in [3.8, 4) is 0 Å². The number of hydrogen-bond acceptors (Lipinski definition) is 8. The molecule has 0 atom stereocenters. The average molecular weight is 280 g/mol. The molecule has 1 fully saturated rings. The second-order valence-corrected chi connectivity index (χ2v) is 3.87. The number of thiol groups is 1. The van der Waals surface area contributed by atoms with E-state index in [9.17, 15) is 9.59 Å². The molecule has 0 N–H and O–H groups in total. The van der Waals surface area contributed by atoms with Gasteiger partial charge in [0.15, 0.2) is 0 Å². The number of ether oxygens (including phenoxy) is 4. The van der Waals surface area contributed by atoms with Crippen LogP contribution in [0, 0.1) is 0 Å². The van der Waals surface area contributed by atoms with Crippen LogP contribution in [0.4, 0.5) is 0 Å². The molecule has 104 valence electrons. The normalized spacial score (nSPS) is 27.6. The Hall–Kier alpha value is -0.830. The lowest BCUT2D eigenvalue weighted by Gasteiger charge is -2.37. The van der Waals surface area contributed by atoms with Crippen molar-refractivity contribution in [3.05, 3.63) is 0 Å². The smallest absolute Gasteiger partial charge is 0.366 e. The third kappa shape index (κ3) is 3.58. The van der Waals surface area contributed by atoms with Crippen LogP contribution in [-0.2, 0) is 32.7 Å². The van der Waals surface area contributed by atoms with E-state index in [0.717, 1.165) is 0 Å². The Kier molecular flexibility index (Phi) is 5.86. The summed E-state index contributed by atoms with van der Waals surface area (Å²) in [6.07, 6.45) is -0.328. The highest BCUT2D eigenvalue weighted by atomic mass is 32.1. The molecule has 0 amide bonds. The van der Waals surface area contributed by atoms with E-state index < -0.39 is 17.7 Å². The van der Waals surface area contributed by atoms with E-state index in [-0.39, 0.29) is 32.2 Å². The van der Waals surface area contributed by atoms with Gasteiger partial charge in [0.25, 0.3) is 5.79 Å². The number of rotatable bonds is 5. The largest absolute Gasteiger partial charge is 0.465 e. The quantitative estimate of drug-likeness (QED) is 0.434. The topological polar surface area (TPSA) is 80.3 Å². The maximum Gasteiger partial charge on any atom is 0.366 e. The maximum atomic E-state index is 11.7. The van der Waals surface area contributed by atoms with Crippen molar-refractivity contribution in [2.45, 2.75) is 24.7 Å². The van der Waals surface area contributed by atoms with Crippen LogP contribution < -0.4 is 0 Å². The van der Waals surface area contributed by atoms with Gasteiger partial charge in [0.1, 0.15) is 6.10 Å². The van der Waals surface area contributed by atoms with Gasteiger partial charge < -0.3 is 23.1 Å². The highest BCUT2D eigenvalue weighted by Crippen LogP contribution is 2.27. The molecule has 0 saturated carbocycles. The first-order valence-corrected chi connectivity index (χ1v) is 5.68. The van der Waals surface area contributed by atoms with E-state index in [1.165, 1.54) is 14.2 Å². The van der Waals surface area contributed by atoms with Crippen molar-refractivity contribution >= 4 is 24.8 Å². The van der Waals surface area contributed by atoms with E-state index in [4.69, 9.17) is 14.2 Å². The van der Waals surface area contributed by atoms with Crippen molar-refractivity contribution in [2.24, 2.45) is 0 Å². The molecule has 0 unspecified atom stereocenters. The second-order valence-electron chi connectivity index (χ2n) is 3.69. The lowest BCUT2D eigenvalue weighted by Crippen LogP contribution is -2.53. The van der Waals surface area contributed by atoms with Crippen molar-refractivity contribution in [1.29, 1.82) is 0 Å². The molecule has 0 aromatic heterocycles. The monoisotopic (exact) mass is 280 g/mol. The van der Waals surface area contributed by atoms with Gasteiger partial charge in [0.2, 0.25) is 0 Å². The Labute approximate surface area is 110 Å². The highest BCUT2D eigenvalue weighted by molar-refractivity contribution is 7.75. The summed E-state index contributed by atoms with van der Waals surface area (Å²) in [6, 6.07) is 0. The van der Waals surface area contributed by atoms with Gasteiger partial charge in [-0.25, -0.2) is 4.79 Å². The Morgan fingerprint density at radius 3 is 2.39 bits per heavy atom. The molecule has 1 aliphatic heterocycles. The van der Waals surface area contributed by atoms with E-state index >= 15 is 0 Å². The van der Waals surface area contributed by atoms with Crippen LogP contribution in [0.1, 0.15) is 12.8 Å². The third-order valence-corrected chi connectivity index (χ3v) is 2.80. The number of carbonyl (C=O) groups is 2. The SMILES string of the molecule is COC(=O)C1(CCC(=O)OS)OCC(OC)CO1. The van der Waals surface area contributed by atoms with Crippen LogP contribution in [0.15, 0.2) is 0 Å². The molecule has 8 heteroatoms. The number of hydrogen-bond donors (Lipinski definition) is 1. The molecule has 1 saturated heterocycles. The molecule has 1 aliphatic rings. The van der Waals surface area contributed by atoms with E-state index in [1.807, 2.05) is 0 Å². The molecule has 0 radical (unpaired) electrons. The summed E-state index contributed by atoms with van der Waals surface area (Å²) >= 11 is 3.38. The average Bonchev–Trinajstić information content (AvgIpc) is 2.44. The molecule has 0 aromatic rings. The molecule has 7 nitrogen and oxygen atoms in total. The number of carbonyl (C=O) groups excluding carboxylic acids is 2. The molecular weight excluding hydrogens is 264 g/mol. The van der Waals surface area contributed by atoms with Crippen molar-refractivity contribution < 1.29 is 32.7 Å².